The third-order valence-corrected chi connectivity index (χ3v) is 4.38. The van der Waals surface area contributed by atoms with E-state index in [1.807, 2.05) is 24.3 Å². The van der Waals surface area contributed by atoms with Crippen molar-refractivity contribution >= 4 is 5.91 Å². The van der Waals surface area contributed by atoms with E-state index in [2.05, 4.69) is 19.2 Å². The van der Waals surface area contributed by atoms with Gasteiger partial charge >= 0.3 is 0 Å². The predicted molar refractivity (Wildman–Crippen MR) is 76.4 cm³/mol. The highest BCUT2D eigenvalue weighted by Gasteiger charge is 2.28. The zero-order chi connectivity index (χ0) is 13.8. The molecule has 0 saturated heterocycles. The number of nitrogens with one attached hydrogen (secondary N) is 1. The minimum Gasteiger partial charge on any atom is -0.497 e. The molecule has 1 amide bonds. The fourth-order valence-corrected chi connectivity index (χ4v) is 2.78. The van der Waals surface area contributed by atoms with Crippen molar-refractivity contribution in [2.24, 2.45) is 11.8 Å². The summed E-state index contributed by atoms with van der Waals surface area (Å²) in [6.07, 6.45) is 3.57. The first-order chi connectivity index (χ1) is 9.11. The Morgan fingerprint density at radius 3 is 2.53 bits per heavy atom. The van der Waals surface area contributed by atoms with Crippen LogP contribution in [-0.4, -0.2) is 19.1 Å². The Balaban J connectivity index is 1.99. The van der Waals surface area contributed by atoms with Crippen LogP contribution in [0.25, 0.3) is 0 Å². The molecule has 1 aromatic carbocycles. The van der Waals surface area contributed by atoms with E-state index in [1.165, 1.54) is 12.8 Å². The van der Waals surface area contributed by atoms with Gasteiger partial charge in [0.05, 0.1) is 7.11 Å². The molecule has 0 radical (unpaired) electrons. The van der Waals surface area contributed by atoms with Crippen molar-refractivity contribution in [3.05, 3.63) is 29.8 Å². The summed E-state index contributed by atoms with van der Waals surface area (Å²) in [7, 11) is 1.63. The van der Waals surface area contributed by atoms with Crippen LogP contribution in [0.15, 0.2) is 24.3 Å². The first-order valence-electron chi connectivity index (χ1n) is 7.06. The van der Waals surface area contributed by atoms with E-state index >= 15 is 0 Å². The third kappa shape index (κ3) is 3.28. The summed E-state index contributed by atoms with van der Waals surface area (Å²) in [4.78, 5) is 12.2. The van der Waals surface area contributed by atoms with Gasteiger partial charge in [0.25, 0.3) is 5.91 Å². The topological polar surface area (TPSA) is 38.3 Å². The highest BCUT2D eigenvalue weighted by atomic mass is 16.5. The van der Waals surface area contributed by atoms with Crippen LogP contribution in [0.2, 0.25) is 0 Å². The molecule has 0 bridgehead atoms. The van der Waals surface area contributed by atoms with Crippen LogP contribution in [-0.2, 0) is 0 Å². The number of ether oxygens (including phenoxy) is 1. The van der Waals surface area contributed by atoms with Crippen LogP contribution in [0, 0.1) is 11.8 Å². The van der Waals surface area contributed by atoms with Crippen LogP contribution < -0.4 is 10.1 Å². The van der Waals surface area contributed by atoms with Gasteiger partial charge in [-0.2, -0.15) is 0 Å². The molecule has 1 N–H and O–H groups in total. The van der Waals surface area contributed by atoms with Gasteiger partial charge < -0.3 is 10.1 Å². The maximum absolute atomic E-state index is 12.2. The Labute approximate surface area is 115 Å². The molecule has 1 fully saturated rings. The van der Waals surface area contributed by atoms with Gasteiger partial charge in [-0.15, -0.1) is 0 Å². The van der Waals surface area contributed by atoms with E-state index in [9.17, 15) is 4.79 Å². The summed E-state index contributed by atoms with van der Waals surface area (Å²) < 4.78 is 5.10. The van der Waals surface area contributed by atoms with E-state index in [0.29, 0.717) is 23.4 Å². The van der Waals surface area contributed by atoms with Gasteiger partial charge in [0.15, 0.2) is 0 Å². The lowest BCUT2D eigenvalue weighted by Crippen LogP contribution is -2.43. The lowest BCUT2D eigenvalue weighted by molar-refractivity contribution is 0.0891. The van der Waals surface area contributed by atoms with Crippen molar-refractivity contribution in [3.8, 4) is 5.75 Å². The first-order valence-corrected chi connectivity index (χ1v) is 7.06. The molecule has 0 aliphatic heterocycles. The molecule has 0 spiro atoms. The van der Waals surface area contributed by atoms with Gasteiger partial charge in [-0.05, 0) is 42.5 Å². The number of hydrogen-bond donors (Lipinski definition) is 1. The van der Waals surface area contributed by atoms with Crippen molar-refractivity contribution < 1.29 is 9.53 Å². The minimum absolute atomic E-state index is 0.0219. The largest absolute Gasteiger partial charge is 0.497 e. The summed E-state index contributed by atoms with van der Waals surface area (Å²) >= 11 is 0. The van der Waals surface area contributed by atoms with E-state index in [-0.39, 0.29) is 5.91 Å². The highest BCUT2D eigenvalue weighted by molar-refractivity contribution is 5.94. The van der Waals surface area contributed by atoms with Crippen LogP contribution in [0.3, 0.4) is 0 Å². The second kappa shape index (κ2) is 6.09. The number of rotatable bonds is 3. The first kappa shape index (κ1) is 13.9. The zero-order valence-corrected chi connectivity index (χ0v) is 12.0. The monoisotopic (exact) mass is 261 g/mol. The Morgan fingerprint density at radius 2 is 1.89 bits per heavy atom. The van der Waals surface area contributed by atoms with Crippen LogP contribution >= 0.6 is 0 Å². The standard InChI is InChI=1S/C16H23NO2/c1-11-5-4-6-15(12(11)2)17-16(18)13-7-9-14(19-3)10-8-13/h7-12,15H,4-6H2,1-3H3,(H,17,18)/t11-,12+,15-/m1/s1. The van der Waals surface area contributed by atoms with Gasteiger partial charge in [-0.3, -0.25) is 4.79 Å². The Hall–Kier alpha value is -1.51. The molecule has 1 saturated carbocycles. The minimum atomic E-state index is 0.0219. The van der Waals surface area contributed by atoms with Crippen molar-refractivity contribution in [2.75, 3.05) is 7.11 Å². The molecule has 0 unspecified atom stereocenters. The van der Waals surface area contributed by atoms with Gasteiger partial charge in [0.1, 0.15) is 5.75 Å². The molecule has 104 valence electrons. The lowest BCUT2D eigenvalue weighted by Gasteiger charge is -2.34. The summed E-state index contributed by atoms with van der Waals surface area (Å²) in [5, 5.41) is 3.17. The Bertz CT molecular complexity index is 427. The van der Waals surface area contributed by atoms with Gasteiger partial charge in [0, 0.05) is 11.6 Å². The van der Waals surface area contributed by atoms with E-state index in [4.69, 9.17) is 4.74 Å². The number of methoxy groups -OCH3 is 1. The van der Waals surface area contributed by atoms with Gasteiger partial charge in [-0.1, -0.05) is 26.7 Å². The Kier molecular flexibility index (Phi) is 4.46. The molecule has 1 aromatic rings. The second-order valence-corrected chi connectivity index (χ2v) is 5.58. The van der Waals surface area contributed by atoms with Crippen LogP contribution in [0.4, 0.5) is 0 Å². The number of benzene rings is 1. The molecular weight excluding hydrogens is 238 g/mol. The lowest BCUT2D eigenvalue weighted by atomic mass is 9.78. The van der Waals surface area contributed by atoms with Crippen molar-refractivity contribution in [1.29, 1.82) is 0 Å². The number of amides is 1. The highest BCUT2D eigenvalue weighted by Crippen LogP contribution is 2.29. The molecule has 0 heterocycles. The Morgan fingerprint density at radius 1 is 1.21 bits per heavy atom. The molecule has 2 rings (SSSR count). The van der Waals surface area contributed by atoms with E-state index in [1.54, 1.807) is 7.11 Å². The molecule has 3 heteroatoms. The van der Waals surface area contributed by atoms with Crippen molar-refractivity contribution in [3.63, 3.8) is 0 Å². The quantitative estimate of drug-likeness (QED) is 0.907. The van der Waals surface area contributed by atoms with Gasteiger partial charge in [0.2, 0.25) is 0 Å². The normalized spacial score (nSPS) is 26.8. The van der Waals surface area contributed by atoms with Crippen molar-refractivity contribution in [1.82, 2.24) is 5.32 Å². The molecule has 1 aliphatic carbocycles. The zero-order valence-electron chi connectivity index (χ0n) is 12.0. The predicted octanol–water partition coefficient (Wildman–Crippen LogP) is 3.25. The van der Waals surface area contributed by atoms with Crippen molar-refractivity contribution in [2.45, 2.75) is 39.2 Å². The smallest absolute Gasteiger partial charge is 0.251 e. The fraction of sp³-hybridized carbons (Fsp3) is 0.562. The molecule has 0 aromatic heterocycles. The molecule has 19 heavy (non-hydrogen) atoms. The summed E-state index contributed by atoms with van der Waals surface area (Å²) in [5.74, 6) is 2.04. The third-order valence-electron chi connectivity index (χ3n) is 4.38. The average molecular weight is 261 g/mol. The maximum atomic E-state index is 12.2. The van der Waals surface area contributed by atoms with Gasteiger partial charge in [-0.25, -0.2) is 0 Å². The maximum Gasteiger partial charge on any atom is 0.251 e. The number of carbonyl (C=O) groups is 1. The second-order valence-electron chi connectivity index (χ2n) is 5.58. The molecular formula is C16H23NO2. The molecule has 1 aliphatic rings. The fourth-order valence-electron chi connectivity index (χ4n) is 2.78. The molecule has 3 nitrogen and oxygen atoms in total. The number of carbonyl (C=O) groups excluding carboxylic acids is 1. The van der Waals surface area contributed by atoms with E-state index < -0.39 is 0 Å². The van der Waals surface area contributed by atoms with Crippen LogP contribution in [0.5, 0.6) is 5.75 Å². The SMILES string of the molecule is COc1ccc(C(=O)N[C@@H]2CCC[C@@H](C)[C@@H]2C)cc1. The summed E-state index contributed by atoms with van der Waals surface area (Å²) in [6.45, 7) is 4.51. The average Bonchev–Trinajstić information content (AvgIpc) is 2.44. The number of hydrogen-bond acceptors (Lipinski definition) is 2. The summed E-state index contributed by atoms with van der Waals surface area (Å²) in [5.41, 5.74) is 0.700. The van der Waals surface area contributed by atoms with E-state index in [0.717, 1.165) is 12.2 Å². The summed E-state index contributed by atoms with van der Waals surface area (Å²) in [6, 6.07) is 7.57. The molecule has 3 atom stereocenters. The van der Waals surface area contributed by atoms with Crippen LogP contribution in [0.1, 0.15) is 43.5 Å².